The Morgan fingerprint density at radius 1 is 0.750 bits per heavy atom. The molecule has 3 aromatic rings. The molecule has 0 unspecified atom stereocenters. The number of halogens is 5. The van der Waals surface area contributed by atoms with Crippen molar-refractivity contribution >= 4 is 0 Å². The molecule has 0 saturated heterocycles. The number of rotatable bonds is 12. The molecule has 0 amide bonds. The lowest BCUT2D eigenvalue weighted by molar-refractivity contribution is -0.0248. The lowest BCUT2D eigenvalue weighted by Crippen LogP contribution is -2.18. The molecule has 1 aliphatic carbocycles. The first kappa shape index (κ1) is 29.9. The van der Waals surface area contributed by atoms with Crippen LogP contribution in [0.5, 0.6) is 11.5 Å². The minimum Gasteiger partial charge on any atom is -0.491 e. The van der Waals surface area contributed by atoms with Crippen molar-refractivity contribution in [3.8, 4) is 22.6 Å². The molecule has 4 rings (SSSR count). The molecule has 1 aliphatic rings. The van der Waals surface area contributed by atoms with Crippen molar-refractivity contribution in [2.45, 2.75) is 77.1 Å². The summed E-state index contributed by atoms with van der Waals surface area (Å²) in [5.41, 5.74) is 1.20. The van der Waals surface area contributed by atoms with Gasteiger partial charge in [0, 0.05) is 12.0 Å². The van der Waals surface area contributed by atoms with E-state index in [-0.39, 0.29) is 29.8 Å². The van der Waals surface area contributed by atoms with Crippen LogP contribution in [0.4, 0.5) is 22.0 Å². The van der Waals surface area contributed by atoms with Gasteiger partial charge in [0.05, 0.1) is 13.2 Å². The summed E-state index contributed by atoms with van der Waals surface area (Å²) in [7, 11) is 0. The predicted octanol–water partition coefficient (Wildman–Crippen LogP) is 10.2. The summed E-state index contributed by atoms with van der Waals surface area (Å²) in [5.74, 6) is -4.61. The maximum absolute atomic E-state index is 15.1. The molecule has 7 heteroatoms. The average molecular weight is 561 g/mol. The second-order valence-electron chi connectivity index (χ2n) is 10.6. The molecule has 0 atom stereocenters. The minimum absolute atomic E-state index is 0.0973. The van der Waals surface area contributed by atoms with E-state index in [1.54, 1.807) is 25.1 Å². The molecular formula is C33H37F5O2. The highest BCUT2D eigenvalue weighted by molar-refractivity contribution is 5.65. The number of unbranched alkanes of at least 4 members (excludes halogenated alkanes) is 1. The summed E-state index contributed by atoms with van der Waals surface area (Å²) in [6.07, 6.45) is 7.15. The topological polar surface area (TPSA) is 18.5 Å². The fraction of sp³-hybridized carbons (Fsp3) is 0.455. The van der Waals surface area contributed by atoms with E-state index >= 15 is 4.39 Å². The fourth-order valence-corrected chi connectivity index (χ4v) is 5.52. The van der Waals surface area contributed by atoms with Crippen LogP contribution in [0.25, 0.3) is 11.1 Å². The van der Waals surface area contributed by atoms with Crippen LogP contribution in [0.2, 0.25) is 0 Å². The minimum atomic E-state index is -3.38. The molecule has 0 aliphatic heterocycles. The molecule has 0 heterocycles. The van der Waals surface area contributed by atoms with Gasteiger partial charge in [-0.25, -0.2) is 22.0 Å². The Hall–Kier alpha value is -3.09. The second-order valence-corrected chi connectivity index (χ2v) is 10.6. The maximum Gasteiger partial charge on any atom is 0.276 e. The summed E-state index contributed by atoms with van der Waals surface area (Å²) in [6.45, 7) is 3.60. The van der Waals surface area contributed by atoms with Crippen LogP contribution < -0.4 is 9.47 Å². The first-order valence-electron chi connectivity index (χ1n) is 14.2. The third-order valence-corrected chi connectivity index (χ3v) is 7.85. The summed E-state index contributed by atoms with van der Waals surface area (Å²) in [6, 6.07) is 12.2. The summed E-state index contributed by atoms with van der Waals surface area (Å²) < 4.78 is 83.4. The first-order valence-corrected chi connectivity index (χ1v) is 14.2. The summed E-state index contributed by atoms with van der Waals surface area (Å²) in [5, 5.41) is 0. The van der Waals surface area contributed by atoms with Crippen molar-refractivity contribution in [1.29, 1.82) is 0 Å². The average Bonchev–Trinajstić information content (AvgIpc) is 2.94. The van der Waals surface area contributed by atoms with Crippen molar-refractivity contribution < 1.29 is 31.4 Å². The Morgan fingerprint density at radius 2 is 1.38 bits per heavy atom. The fourth-order valence-electron chi connectivity index (χ4n) is 5.52. The molecule has 0 aromatic heterocycles. The second kappa shape index (κ2) is 13.5. The Morgan fingerprint density at radius 3 is 2.00 bits per heavy atom. The van der Waals surface area contributed by atoms with E-state index < -0.39 is 36.1 Å². The molecule has 1 saturated carbocycles. The smallest absolute Gasteiger partial charge is 0.276 e. The van der Waals surface area contributed by atoms with E-state index in [1.807, 2.05) is 0 Å². The number of hydrogen-bond donors (Lipinski definition) is 0. The molecule has 2 nitrogen and oxygen atoms in total. The Balaban J connectivity index is 1.35. The van der Waals surface area contributed by atoms with Crippen molar-refractivity contribution in [2.24, 2.45) is 5.92 Å². The lowest BCUT2D eigenvalue weighted by atomic mass is 9.77. The number of ether oxygens (including phenoxy) is 2. The first-order chi connectivity index (χ1) is 19.2. The van der Waals surface area contributed by atoms with Crippen LogP contribution in [0, 0.1) is 23.4 Å². The summed E-state index contributed by atoms with van der Waals surface area (Å²) >= 11 is 0. The number of hydrogen-bond acceptors (Lipinski definition) is 2. The van der Waals surface area contributed by atoms with Gasteiger partial charge in [0.2, 0.25) is 0 Å². The third-order valence-electron chi connectivity index (χ3n) is 7.85. The number of benzene rings is 3. The van der Waals surface area contributed by atoms with Crippen LogP contribution in [0.3, 0.4) is 0 Å². The van der Waals surface area contributed by atoms with E-state index in [1.165, 1.54) is 37.5 Å². The SMILES string of the molecule is CCCCC1CCC(c2ccc(-c3ccc(OCCC(F)(F)c4ccc(OCC)c(F)c4)c(F)c3)cc2F)CC1. The zero-order valence-electron chi connectivity index (χ0n) is 23.1. The van der Waals surface area contributed by atoms with Gasteiger partial charge >= 0.3 is 0 Å². The van der Waals surface area contributed by atoms with Crippen LogP contribution >= 0.6 is 0 Å². The van der Waals surface area contributed by atoms with Crippen molar-refractivity contribution in [2.75, 3.05) is 13.2 Å². The van der Waals surface area contributed by atoms with Crippen LogP contribution in [-0.4, -0.2) is 13.2 Å². The van der Waals surface area contributed by atoms with Gasteiger partial charge in [-0.2, -0.15) is 0 Å². The van der Waals surface area contributed by atoms with Crippen LogP contribution in [-0.2, 0) is 5.92 Å². The quantitative estimate of drug-likeness (QED) is 0.205. The van der Waals surface area contributed by atoms with E-state index in [9.17, 15) is 17.6 Å². The Kier molecular flexibility index (Phi) is 10.1. The van der Waals surface area contributed by atoms with Crippen LogP contribution in [0.15, 0.2) is 54.6 Å². The predicted molar refractivity (Wildman–Crippen MR) is 148 cm³/mol. The van der Waals surface area contributed by atoms with Crippen molar-refractivity contribution in [3.05, 3.63) is 83.2 Å². The largest absolute Gasteiger partial charge is 0.491 e. The van der Waals surface area contributed by atoms with E-state index in [4.69, 9.17) is 9.47 Å². The number of alkyl halides is 2. The molecule has 1 fully saturated rings. The highest BCUT2D eigenvalue weighted by Crippen LogP contribution is 2.40. The van der Waals surface area contributed by atoms with Gasteiger partial charge in [0.15, 0.2) is 23.1 Å². The van der Waals surface area contributed by atoms with Gasteiger partial charge in [-0.15, -0.1) is 0 Å². The normalized spacial score (nSPS) is 17.6. The van der Waals surface area contributed by atoms with Gasteiger partial charge in [0.25, 0.3) is 5.92 Å². The molecule has 0 N–H and O–H groups in total. The van der Waals surface area contributed by atoms with Gasteiger partial charge in [-0.1, -0.05) is 44.4 Å². The Labute approximate surface area is 233 Å². The lowest BCUT2D eigenvalue weighted by Gasteiger charge is -2.29. The maximum atomic E-state index is 15.1. The molecule has 0 bridgehead atoms. The highest BCUT2D eigenvalue weighted by Gasteiger charge is 2.32. The molecular weight excluding hydrogens is 523 g/mol. The van der Waals surface area contributed by atoms with Gasteiger partial charge in [-0.05, 0) is 97.5 Å². The monoisotopic (exact) mass is 560 g/mol. The Bertz CT molecular complexity index is 1270. The molecule has 216 valence electrons. The van der Waals surface area contributed by atoms with E-state index in [0.717, 1.165) is 49.8 Å². The molecule has 3 aromatic carbocycles. The molecule has 0 spiro atoms. The van der Waals surface area contributed by atoms with E-state index in [2.05, 4.69) is 6.92 Å². The van der Waals surface area contributed by atoms with Gasteiger partial charge in [-0.3, -0.25) is 0 Å². The molecule has 40 heavy (non-hydrogen) atoms. The van der Waals surface area contributed by atoms with Gasteiger partial charge < -0.3 is 9.47 Å². The zero-order chi connectivity index (χ0) is 28.7. The van der Waals surface area contributed by atoms with Crippen LogP contribution in [0.1, 0.15) is 82.3 Å². The van der Waals surface area contributed by atoms with Crippen molar-refractivity contribution in [3.63, 3.8) is 0 Å². The zero-order valence-corrected chi connectivity index (χ0v) is 23.1. The standard InChI is InChI=1S/C33H37F5O2/c1-3-5-6-22-7-9-23(10-8-22)27-14-11-24(19-28(27)34)25-12-15-32(29(35)20-25)40-18-17-33(37,38)26-13-16-31(39-4-2)30(36)21-26/h11-16,19-23H,3-10,17-18H2,1-2H3. The third kappa shape index (κ3) is 7.35. The van der Waals surface area contributed by atoms with Crippen molar-refractivity contribution in [1.82, 2.24) is 0 Å². The van der Waals surface area contributed by atoms with Gasteiger partial charge in [0.1, 0.15) is 5.82 Å². The van der Waals surface area contributed by atoms with E-state index in [0.29, 0.717) is 16.7 Å². The highest BCUT2D eigenvalue weighted by atomic mass is 19.3. The molecule has 0 radical (unpaired) electrons. The summed E-state index contributed by atoms with van der Waals surface area (Å²) in [4.78, 5) is 0.